The van der Waals surface area contributed by atoms with E-state index < -0.39 is 0 Å². The van der Waals surface area contributed by atoms with E-state index in [0.29, 0.717) is 22.4 Å². The molecule has 0 bridgehead atoms. The van der Waals surface area contributed by atoms with Crippen molar-refractivity contribution in [2.24, 2.45) is 0 Å². The van der Waals surface area contributed by atoms with Crippen molar-refractivity contribution in [3.63, 3.8) is 0 Å². The van der Waals surface area contributed by atoms with Crippen LogP contribution in [0, 0.1) is 0 Å². The van der Waals surface area contributed by atoms with Crippen molar-refractivity contribution in [2.45, 2.75) is 19.8 Å². The van der Waals surface area contributed by atoms with Gasteiger partial charge in [0.05, 0.1) is 23.0 Å². The second-order valence-electron chi connectivity index (χ2n) is 4.43. The molecule has 2 N–H and O–H groups in total. The molecule has 3 rings (SSSR count). The van der Waals surface area contributed by atoms with Crippen LogP contribution in [-0.4, -0.2) is 20.1 Å². The predicted octanol–water partition coefficient (Wildman–Crippen LogP) is 2.03. The topological polar surface area (TPSA) is 87.6 Å². The molecule has 18 heavy (non-hydrogen) atoms. The molecule has 0 aromatic carbocycles. The standard InChI is InChI=1S/C12H12N4O2/c1-6(2)8-3-9(18-16-8)7-4-13-11-10(7)12(17)15-5-14-11/h3-6H,1-2H3,(H2,13,14,15,17). The quantitative estimate of drug-likeness (QED) is 0.722. The van der Waals surface area contributed by atoms with E-state index in [-0.39, 0.29) is 11.5 Å². The van der Waals surface area contributed by atoms with Crippen LogP contribution in [0.3, 0.4) is 0 Å². The molecule has 0 amide bonds. The molecule has 3 heterocycles. The van der Waals surface area contributed by atoms with Crippen molar-refractivity contribution in [3.8, 4) is 11.3 Å². The van der Waals surface area contributed by atoms with Gasteiger partial charge in [0, 0.05) is 12.3 Å². The monoisotopic (exact) mass is 244 g/mol. The first-order valence-corrected chi connectivity index (χ1v) is 5.68. The minimum Gasteiger partial charge on any atom is -0.356 e. The van der Waals surface area contributed by atoms with Crippen molar-refractivity contribution >= 4 is 11.0 Å². The lowest BCUT2D eigenvalue weighted by atomic mass is 10.1. The third kappa shape index (κ3) is 1.54. The minimum absolute atomic E-state index is 0.196. The minimum atomic E-state index is -0.196. The van der Waals surface area contributed by atoms with Crippen LogP contribution in [0.25, 0.3) is 22.4 Å². The fraction of sp³-hybridized carbons (Fsp3) is 0.250. The third-order valence-electron chi connectivity index (χ3n) is 2.86. The number of nitrogens with zero attached hydrogens (tertiary/aromatic N) is 2. The lowest BCUT2D eigenvalue weighted by Gasteiger charge is -1.93. The van der Waals surface area contributed by atoms with E-state index >= 15 is 0 Å². The van der Waals surface area contributed by atoms with Gasteiger partial charge in [0.25, 0.3) is 5.56 Å². The molecular formula is C12H12N4O2. The second-order valence-corrected chi connectivity index (χ2v) is 4.43. The summed E-state index contributed by atoms with van der Waals surface area (Å²) in [4.78, 5) is 21.4. The molecule has 6 heteroatoms. The highest BCUT2D eigenvalue weighted by atomic mass is 16.5. The largest absolute Gasteiger partial charge is 0.356 e. The average molecular weight is 244 g/mol. The summed E-state index contributed by atoms with van der Waals surface area (Å²) in [6.45, 7) is 4.07. The van der Waals surface area contributed by atoms with Crippen LogP contribution in [0.5, 0.6) is 0 Å². The van der Waals surface area contributed by atoms with Crippen LogP contribution in [0.1, 0.15) is 25.5 Å². The van der Waals surface area contributed by atoms with Gasteiger partial charge in [0.1, 0.15) is 5.65 Å². The molecule has 0 saturated heterocycles. The number of fused-ring (bicyclic) bond motifs is 1. The van der Waals surface area contributed by atoms with E-state index in [2.05, 4.69) is 20.1 Å². The first kappa shape index (κ1) is 10.8. The van der Waals surface area contributed by atoms with Gasteiger partial charge in [-0.25, -0.2) is 4.98 Å². The summed E-state index contributed by atoms with van der Waals surface area (Å²) < 4.78 is 5.28. The first-order chi connectivity index (χ1) is 8.66. The fourth-order valence-electron chi connectivity index (χ4n) is 1.85. The Morgan fingerprint density at radius 1 is 1.33 bits per heavy atom. The van der Waals surface area contributed by atoms with Crippen LogP contribution in [0.4, 0.5) is 0 Å². The van der Waals surface area contributed by atoms with Crippen molar-refractivity contribution < 1.29 is 4.52 Å². The van der Waals surface area contributed by atoms with E-state index in [0.717, 1.165) is 5.69 Å². The maximum absolute atomic E-state index is 11.8. The summed E-state index contributed by atoms with van der Waals surface area (Å²) in [6.07, 6.45) is 3.07. The van der Waals surface area contributed by atoms with Crippen LogP contribution >= 0.6 is 0 Å². The van der Waals surface area contributed by atoms with Gasteiger partial charge in [0.15, 0.2) is 5.76 Å². The van der Waals surface area contributed by atoms with E-state index in [4.69, 9.17) is 4.52 Å². The Bertz CT molecular complexity index is 751. The lowest BCUT2D eigenvalue weighted by Crippen LogP contribution is -2.05. The molecule has 0 radical (unpaired) electrons. The number of rotatable bonds is 2. The predicted molar refractivity (Wildman–Crippen MR) is 66.3 cm³/mol. The van der Waals surface area contributed by atoms with Gasteiger partial charge < -0.3 is 14.5 Å². The van der Waals surface area contributed by atoms with Gasteiger partial charge in [-0.2, -0.15) is 0 Å². The molecule has 3 aromatic heterocycles. The van der Waals surface area contributed by atoms with Crippen molar-refractivity contribution in [1.82, 2.24) is 20.1 Å². The third-order valence-corrected chi connectivity index (χ3v) is 2.86. The molecule has 3 aromatic rings. The van der Waals surface area contributed by atoms with E-state index in [9.17, 15) is 4.79 Å². The molecule has 0 aliphatic carbocycles. The van der Waals surface area contributed by atoms with Crippen LogP contribution < -0.4 is 5.56 Å². The molecular weight excluding hydrogens is 232 g/mol. The Kier molecular flexibility index (Phi) is 2.29. The number of hydrogen-bond donors (Lipinski definition) is 2. The summed E-state index contributed by atoms with van der Waals surface area (Å²) in [5.74, 6) is 0.854. The number of nitrogens with one attached hydrogen (secondary N) is 2. The highest BCUT2D eigenvalue weighted by molar-refractivity contribution is 5.91. The number of aromatic amines is 2. The average Bonchev–Trinajstić information content (AvgIpc) is 2.94. The molecule has 0 atom stereocenters. The smallest absolute Gasteiger partial charge is 0.260 e. The van der Waals surface area contributed by atoms with Gasteiger partial charge in [-0.15, -0.1) is 0 Å². The van der Waals surface area contributed by atoms with E-state index in [1.165, 1.54) is 6.33 Å². The zero-order chi connectivity index (χ0) is 12.7. The summed E-state index contributed by atoms with van der Waals surface area (Å²) in [5.41, 5.74) is 1.88. The highest BCUT2D eigenvalue weighted by Gasteiger charge is 2.15. The fourth-order valence-corrected chi connectivity index (χ4v) is 1.85. The number of H-pyrrole nitrogens is 2. The Morgan fingerprint density at radius 3 is 2.89 bits per heavy atom. The summed E-state index contributed by atoms with van der Waals surface area (Å²) in [7, 11) is 0. The van der Waals surface area contributed by atoms with Gasteiger partial charge in [0.2, 0.25) is 0 Å². The molecule has 0 aliphatic rings. The molecule has 0 unspecified atom stereocenters. The van der Waals surface area contributed by atoms with Crippen LogP contribution in [0.15, 0.2) is 27.9 Å². The number of aromatic nitrogens is 4. The molecule has 0 fully saturated rings. The SMILES string of the molecule is CC(C)c1cc(-c2c[nH]c3nc[nH]c(=O)c23)on1. The second kappa shape index (κ2) is 3.83. The maximum atomic E-state index is 11.8. The summed E-state index contributed by atoms with van der Waals surface area (Å²) >= 11 is 0. The molecule has 6 nitrogen and oxygen atoms in total. The van der Waals surface area contributed by atoms with Gasteiger partial charge in [-0.3, -0.25) is 4.79 Å². The van der Waals surface area contributed by atoms with Gasteiger partial charge in [-0.1, -0.05) is 19.0 Å². The summed E-state index contributed by atoms with van der Waals surface area (Å²) in [5, 5.41) is 4.48. The zero-order valence-corrected chi connectivity index (χ0v) is 10.0. The first-order valence-electron chi connectivity index (χ1n) is 5.68. The Hall–Kier alpha value is -2.37. The van der Waals surface area contributed by atoms with Crippen molar-refractivity contribution in [2.75, 3.05) is 0 Å². The zero-order valence-electron chi connectivity index (χ0n) is 10.0. The molecule has 0 aliphatic heterocycles. The van der Waals surface area contributed by atoms with Crippen molar-refractivity contribution in [3.05, 3.63) is 34.6 Å². The molecule has 92 valence electrons. The highest BCUT2D eigenvalue weighted by Crippen LogP contribution is 2.27. The van der Waals surface area contributed by atoms with Crippen LogP contribution in [-0.2, 0) is 0 Å². The van der Waals surface area contributed by atoms with Gasteiger partial charge in [-0.05, 0) is 5.92 Å². The molecule has 0 spiro atoms. The Labute approximate surface area is 102 Å². The number of hydrogen-bond acceptors (Lipinski definition) is 4. The Morgan fingerprint density at radius 2 is 2.17 bits per heavy atom. The van der Waals surface area contributed by atoms with Gasteiger partial charge >= 0.3 is 0 Å². The normalized spacial score (nSPS) is 11.5. The Balaban J connectivity index is 2.22. The van der Waals surface area contributed by atoms with Crippen LogP contribution in [0.2, 0.25) is 0 Å². The van der Waals surface area contributed by atoms with E-state index in [1.807, 2.05) is 19.9 Å². The lowest BCUT2D eigenvalue weighted by molar-refractivity contribution is 0.420. The maximum Gasteiger partial charge on any atom is 0.260 e. The summed E-state index contributed by atoms with van der Waals surface area (Å²) in [6, 6.07) is 1.85. The molecule has 0 saturated carbocycles. The van der Waals surface area contributed by atoms with Crippen molar-refractivity contribution in [1.29, 1.82) is 0 Å². The van der Waals surface area contributed by atoms with E-state index in [1.54, 1.807) is 6.20 Å².